The fourth-order valence-corrected chi connectivity index (χ4v) is 3.98. The van der Waals surface area contributed by atoms with Gasteiger partial charge < -0.3 is 14.5 Å². The summed E-state index contributed by atoms with van der Waals surface area (Å²) in [5.41, 5.74) is 0.959. The third kappa shape index (κ3) is 4.18. The Bertz CT molecular complexity index is 936. The van der Waals surface area contributed by atoms with Crippen LogP contribution in [0.15, 0.2) is 69.1 Å². The maximum atomic E-state index is 12.6. The summed E-state index contributed by atoms with van der Waals surface area (Å²) in [5.74, 6) is 0.191. The van der Waals surface area contributed by atoms with Gasteiger partial charge in [-0.05, 0) is 49.2 Å². The first-order valence-electron chi connectivity index (χ1n) is 8.59. The second-order valence-corrected chi connectivity index (χ2v) is 7.60. The minimum absolute atomic E-state index is 0.192. The molecular weight excluding hydrogens is 384 g/mol. The van der Waals surface area contributed by atoms with E-state index in [0.29, 0.717) is 23.1 Å². The molecule has 138 valence electrons. The standard InChI is InChI=1S/C20H17ClN2O3S/c21-15-4-1-2-6-17(15)27-14-9-7-13(8-10-14)23-20(24)18-19(26-12-22-18)16-5-3-11-25-16/h1-2,4,6-10,12,16H,3,5,11H2,(H,23,24)/t16-/m0/s1. The van der Waals surface area contributed by atoms with Crippen molar-refractivity contribution < 1.29 is 13.9 Å². The summed E-state index contributed by atoms with van der Waals surface area (Å²) in [5, 5.41) is 3.57. The van der Waals surface area contributed by atoms with Gasteiger partial charge in [-0.3, -0.25) is 4.79 Å². The van der Waals surface area contributed by atoms with Crippen molar-refractivity contribution in [3.63, 3.8) is 0 Å². The predicted molar refractivity (Wildman–Crippen MR) is 104 cm³/mol. The highest BCUT2D eigenvalue weighted by atomic mass is 35.5. The van der Waals surface area contributed by atoms with E-state index in [4.69, 9.17) is 20.8 Å². The van der Waals surface area contributed by atoms with E-state index >= 15 is 0 Å². The SMILES string of the molecule is O=C(Nc1ccc(Sc2ccccc2Cl)cc1)c1ncoc1[C@@H]1CCCO1. The minimum atomic E-state index is -0.305. The van der Waals surface area contributed by atoms with E-state index in [0.717, 1.165) is 22.6 Å². The molecule has 1 aliphatic rings. The van der Waals surface area contributed by atoms with Gasteiger partial charge in [0.15, 0.2) is 17.8 Å². The lowest BCUT2D eigenvalue weighted by atomic mass is 10.1. The van der Waals surface area contributed by atoms with Crippen molar-refractivity contribution in [1.29, 1.82) is 0 Å². The van der Waals surface area contributed by atoms with E-state index in [1.807, 2.05) is 48.5 Å². The zero-order chi connectivity index (χ0) is 18.6. The van der Waals surface area contributed by atoms with Crippen molar-refractivity contribution in [3.8, 4) is 0 Å². The Balaban J connectivity index is 1.44. The second kappa shape index (κ2) is 8.17. The number of nitrogens with one attached hydrogen (secondary N) is 1. The van der Waals surface area contributed by atoms with Crippen LogP contribution in [-0.2, 0) is 4.74 Å². The van der Waals surface area contributed by atoms with Gasteiger partial charge in [-0.25, -0.2) is 4.98 Å². The summed E-state index contributed by atoms with van der Waals surface area (Å²) in [6, 6.07) is 15.3. The molecule has 1 N–H and O–H groups in total. The molecule has 7 heteroatoms. The number of carbonyl (C=O) groups excluding carboxylic acids is 1. The summed E-state index contributed by atoms with van der Waals surface area (Å²) in [4.78, 5) is 18.6. The Morgan fingerprint density at radius 2 is 2.00 bits per heavy atom. The van der Waals surface area contributed by atoms with Gasteiger partial charge >= 0.3 is 0 Å². The summed E-state index contributed by atoms with van der Waals surface area (Å²) < 4.78 is 11.0. The number of amides is 1. The van der Waals surface area contributed by atoms with E-state index in [1.54, 1.807) is 11.8 Å². The molecule has 1 fully saturated rings. The molecule has 27 heavy (non-hydrogen) atoms. The van der Waals surface area contributed by atoms with E-state index in [1.165, 1.54) is 6.39 Å². The molecule has 5 nitrogen and oxygen atoms in total. The van der Waals surface area contributed by atoms with Gasteiger partial charge in [0, 0.05) is 22.1 Å². The molecule has 1 aliphatic heterocycles. The summed E-state index contributed by atoms with van der Waals surface area (Å²) in [6.07, 6.45) is 2.89. The van der Waals surface area contributed by atoms with Crippen molar-refractivity contribution >= 4 is 35.0 Å². The first-order valence-corrected chi connectivity index (χ1v) is 9.79. The Morgan fingerprint density at radius 1 is 1.19 bits per heavy atom. The summed E-state index contributed by atoms with van der Waals surface area (Å²) >= 11 is 7.77. The smallest absolute Gasteiger partial charge is 0.278 e. The maximum absolute atomic E-state index is 12.6. The zero-order valence-electron chi connectivity index (χ0n) is 14.4. The Kier molecular flexibility index (Phi) is 5.48. The molecule has 2 heterocycles. The first kappa shape index (κ1) is 18.1. The fourth-order valence-electron chi connectivity index (χ4n) is 2.89. The highest BCUT2D eigenvalue weighted by Crippen LogP contribution is 2.34. The van der Waals surface area contributed by atoms with Gasteiger partial charge in [-0.15, -0.1) is 0 Å². The molecule has 0 saturated carbocycles. The number of halogens is 1. The van der Waals surface area contributed by atoms with Crippen LogP contribution in [0.2, 0.25) is 5.02 Å². The van der Waals surface area contributed by atoms with Crippen LogP contribution in [0.4, 0.5) is 5.69 Å². The summed E-state index contributed by atoms with van der Waals surface area (Å²) in [6.45, 7) is 0.678. The second-order valence-electron chi connectivity index (χ2n) is 6.08. The Labute approximate surface area is 166 Å². The predicted octanol–water partition coefficient (Wildman–Crippen LogP) is 5.58. The number of ether oxygens (including phenoxy) is 1. The van der Waals surface area contributed by atoms with Gasteiger partial charge in [0.1, 0.15) is 6.10 Å². The molecule has 0 spiro atoms. The topological polar surface area (TPSA) is 64.4 Å². The lowest BCUT2D eigenvalue weighted by Crippen LogP contribution is -2.15. The van der Waals surface area contributed by atoms with Crippen LogP contribution in [0, 0.1) is 0 Å². The molecule has 1 atom stereocenters. The third-order valence-corrected chi connectivity index (χ3v) is 5.73. The van der Waals surface area contributed by atoms with Gasteiger partial charge in [0.05, 0.1) is 5.02 Å². The van der Waals surface area contributed by atoms with Gasteiger partial charge in [0.2, 0.25) is 0 Å². The number of hydrogen-bond acceptors (Lipinski definition) is 5. The monoisotopic (exact) mass is 400 g/mol. The third-order valence-electron chi connectivity index (χ3n) is 4.21. The van der Waals surface area contributed by atoms with Crippen LogP contribution in [-0.4, -0.2) is 17.5 Å². The van der Waals surface area contributed by atoms with Gasteiger partial charge in [-0.1, -0.05) is 35.5 Å². The number of oxazole rings is 1. The van der Waals surface area contributed by atoms with Crippen LogP contribution in [0.5, 0.6) is 0 Å². The number of benzene rings is 2. The molecule has 1 aromatic heterocycles. The van der Waals surface area contributed by atoms with Crippen LogP contribution in [0.25, 0.3) is 0 Å². The molecular formula is C20H17ClN2O3S. The quantitative estimate of drug-likeness (QED) is 0.605. The van der Waals surface area contributed by atoms with Crippen molar-refractivity contribution in [2.75, 3.05) is 11.9 Å². The molecule has 0 unspecified atom stereocenters. The number of nitrogens with zero attached hydrogens (tertiary/aromatic N) is 1. The Morgan fingerprint density at radius 3 is 2.74 bits per heavy atom. The van der Waals surface area contributed by atoms with E-state index in [-0.39, 0.29) is 17.7 Å². The van der Waals surface area contributed by atoms with E-state index in [9.17, 15) is 4.79 Å². The summed E-state index contributed by atoms with van der Waals surface area (Å²) in [7, 11) is 0. The molecule has 3 aromatic rings. The van der Waals surface area contributed by atoms with Crippen molar-refractivity contribution in [2.45, 2.75) is 28.7 Å². The number of aromatic nitrogens is 1. The highest BCUT2D eigenvalue weighted by Gasteiger charge is 2.28. The molecule has 2 aromatic carbocycles. The first-order chi connectivity index (χ1) is 13.2. The average molecular weight is 401 g/mol. The van der Waals surface area contributed by atoms with E-state index in [2.05, 4.69) is 10.3 Å². The van der Waals surface area contributed by atoms with Crippen molar-refractivity contribution in [3.05, 3.63) is 71.4 Å². The molecule has 0 bridgehead atoms. The normalized spacial score (nSPS) is 16.4. The number of carbonyl (C=O) groups is 1. The van der Waals surface area contributed by atoms with Crippen LogP contribution in [0.3, 0.4) is 0 Å². The fraction of sp³-hybridized carbons (Fsp3) is 0.200. The number of anilines is 1. The van der Waals surface area contributed by atoms with E-state index < -0.39 is 0 Å². The molecule has 0 aliphatic carbocycles. The highest BCUT2D eigenvalue weighted by molar-refractivity contribution is 7.99. The molecule has 1 saturated heterocycles. The van der Waals surface area contributed by atoms with Gasteiger partial charge in [0.25, 0.3) is 5.91 Å². The van der Waals surface area contributed by atoms with Crippen molar-refractivity contribution in [2.24, 2.45) is 0 Å². The van der Waals surface area contributed by atoms with Crippen LogP contribution in [0.1, 0.15) is 35.2 Å². The zero-order valence-corrected chi connectivity index (χ0v) is 15.9. The Hall–Kier alpha value is -2.28. The maximum Gasteiger partial charge on any atom is 0.278 e. The molecule has 1 amide bonds. The largest absolute Gasteiger partial charge is 0.445 e. The van der Waals surface area contributed by atoms with Crippen LogP contribution < -0.4 is 5.32 Å². The number of hydrogen-bond donors (Lipinski definition) is 1. The lowest BCUT2D eigenvalue weighted by molar-refractivity contribution is 0.0889. The minimum Gasteiger partial charge on any atom is -0.445 e. The van der Waals surface area contributed by atoms with Crippen molar-refractivity contribution in [1.82, 2.24) is 4.98 Å². The molecule has 0 radical (unpaired) electrons. The van der Waals surface area contributed by atoms with Gasteiger partial charge in [-0.2, -0.15) is 0 Å². The van der Waals surface area contributed by atoms with Crippen LogP contribution >= 0.6 is 23.4 Å². The number of rotatable bonds is 5. The average Bonchev–Trinajstić information content (AvgIpc) is 3.36. The molecule has 4 rings (SSSR count). The lowest BCUT2D eigenvalue weighted by Gasteiger charge is -2.09.